The zero-order valence-electron chi connectivity index (χ0n) is 12.8. The summed E-state index contributed by atoms with van der Waals surface area (Å²) in [6, 6.07) is 3.87. The Morgan fingerprint density at radius 1 is 1.65 bits per heavy atom. The largest absolute Gasteiger partial charge is 0.376 e. The van der Waals surface area contributed by atoms with Crippen molar-refractivity contribution >= 4 is 29.0 Å². The van der Waals surface area contributed by atoms with E-state index in [1.807, 2.05) is 24.4 Å². The number of nitrogens with zero attached hydrogens (tertiary/aromatic N) is 3. The van der Waals surface area contributed by atoms with Gasteiger partial charge < -0.3 is 15.9 Å². The van der Waals surface area contributed by atoms with Gasteiger partial charge >= 0.3 is 0 Å². The van der Waals surface area contributed by atoms with E-state index in [0.29, 0.717) is 17.5 Å². The molecule has 7 nitrogen and oxygen atoms in total. The molecule has 124 valence electrons. The SMILES string of the molecule is C[C@@H](Sc1nnc(-c2cccs2)n1N)C(=O)NC[C@@H]1CCCO1. The monoisotopic (exact) mass is 353 g/mol. The third-order valence-corrected chi connectivity index (χ3v) is 5.51. The number of carbonyl (C=O) groups is 1. The number of thiophene rings is 1. The van der Waals surface area contributed by atoms with E-state index in [4.69, 9.17) is 10.6 Å². The molecule has 3 heterocycles. The van der Waals surface area contributed by atoms with Crippen LogP contribution in [0, 0.1) is 0 Å². The second kappa shape index (κ2) is 7.33. The Balaban J connectivity index is 1.57. The average Bonchev–Trinajstić information content (AvgIpc) is 3.27. The van der Waals surface area contributed by atoms with E-state index in [1.54, 1.807) is 11.3 Å². The molecule has 3 N–H and O–H groups in total. The van der Waals surface area contributed by atoms with Crippen molar-refractivity contribution in [3.05, 3.63) is 17.5 Å². The van der Waals surface area contributed by atoms with Gasteiger partial charge in [-0.05, 0) is 31.2 Å². The number of hydrogen-bond acceptors (Lipinski definition) is 7. The predicted octanol–water partition coefficient (Wildman–Crippen LogP) is 1.50. The summed E-state index contributed by atoms with van der Waals surface area (Å²) in [5, 5.41) is 13.3. The Hall–Kier alpha value is -1.58. The highest BCUT2D eigenvalue weighted by Gasteiger charge is 2.22. The first kappa shape index (κ1) is 16.3. The molecule has 2 aromatic heterocycles. The molecule has 1 amide bonds. The number of nitrogens with two attached hydrogens (primary N) is 1. The van der Waals surface area contributed by atoms with E-state index in [-0.39, 0.29) is 17.3 Å². The van der Waals surface area contributed by atoms with Gasteiger partial charge in [-0.1, -0.05) is 17.8 Å². The summed E-state index contributed by atoms with van der Waals surface area (Å²) in [4.78, 5) is 13.1. The Kier molecular flexibility index (Phi) is 5.19. The molecule has 0 saturated carbocycles. The van der Waals surface area contributed by atoms with E-state index in [0.717, 1.165) is 24.3 Å². The van der Waals surface area contributed by atoms with Gasteiger partial charge in [0.15, 0.2) is 5.82 Å². The number of nitrogen functional groups attached to an aromatic ring is 1. The molecule has 0 bridgehead atoms. The lowest BCUT2D eigenvalue weighted by Gasteiger charge is -2.14. The highest BCUT2D eigenvalue weighted by molar-refractivity contribution is 8.00. The molecule has 0 aliphatic carbocycles. The quantitative estimate of drug-likeness (QED) is 0.604. The zero-order valence-corrected chi connectivity index (χ0v) is 14.4. The number of thioether (sulfide) groups is 1. The summed E-state index contributed by atoms with van der Waals surface area (Å²) < 4.78 is 6.93. The zero-order chi connectivity index (χ0) is 16.2. The molecular formula is C14H19N5O2S2. The Bertz CT molecular complexity index is 652. The van der Waals surface area contributed by atoms with Crippen LogP contribution in [-0.4, -0.2) is 45.3 Å². The minimum absolute atomic E-state index is 0.0498. The van der Waals surface area contributed by atoms with Gasteiger partial charge in [0.05, 0.1) is 16.2 Å². The first-order chi connectivity index (χ1) is 11.1. The molecule has 23 heavy (non-hydrogen) atoms. The normalized spacial score (nSPS) is 18.9. The van der Waals surface area contributed by atoms with Crippen LogP contribution in [0.5, 0.6) is 0 Å². The molecule has 3 rings (SSSR count). The van der Waals surface area contributed by atoms with Crippen molar-refractivity contribution in [1.82, 2.24) is 20.2 Å². The van der Waals surface area contributed by atoms with E-state index < -0.39 is 0 Å². The van der Waals surface area contributed by atoms with Crippen molar-refractivity contribution in [2.24, 2.45) is 0 Å². The van der Waals surface area contributed by atoms with Gasteiger partial charge in [0.1, 0.15) is 0 Å². The molecule has 0 aromatic carbocycles. The molecular weight excluding hydrogens is 334 g/mol. The molecule has 9 heteroatoms. The van der Waals surface area contributed by atoms with Crippen molar-refractivity contribution < 1.29 is 9.53 Å². The van der Waals surface area contributed by atoms with Crippen molar-refractivity contribution in [2.75, 3.05) is 19.0 Å². The summed E-state index contributed by atoms with van der Waals surface area (Å²) >= 11 is 2.84. The minimum Gasteiger partial charge on any atom is -0.376 e. The molecule has 1 aliphatic rings. The van der Waals surface area contributed by atoms with E-state index in [9.17, 15) is 4.79 Å². The van der Waals surface area contributed by atoms with E-state index >= 15 is 0 Å². The number of hydrogen-bond donors (Lipinski definition) is 2. The highest BCUT2D eigenvalue weighted by atomic mass is 32.2. The molecule has 2 atom stereocenters. The number of nitrogens with one attached hydrogen (secondary N) is 1. The lowest BCUT2D eigenvalue weighted by molar-refractivity contribution is -0.120. The minimum atomic E-state index is -0.306. The van der Waals surface area contributed by atoms with Crippen molar-refractivity contribution in [1.29, 1.82) is 0 Å². The van der Waals surface area contributed by atoms with Crippen LogP contribution in [0.25, 0.3) is 10.7 Å². The van der Waals surface area contributed by atoms with Gasteiger partial charge in [-0.15, -0.1) is 21.5 Å². The lowest BCUT2D eigenvalue weighted by Crippen LogP contribution is -2.36. The first-order valence-corrected chi connectivity index (χ1v) is 9.21. The van der Waals surface area contributed by atoms with Crippen LogP contribution >= 0.6 is 23.1 Å². The fourth-order valence-electron chi connectivity index (χ4n) is 2.31. The van der Waals surface area contributed by atoms with Gasteiger partial charge in [0, 0.05) is 13.2 Å². The third-order valence-electron chi connectivity index (χ3n) is 3.59. The lowest BCUT2D eigenvalue weighted by atomic mass is 10.2. The smallest absolute Gasteiger partial charge is 0.233 e. The molecule has 2 aromatic rings. The van der Waals surface area contributed by atoms with Crippen molar-refractivity contribution in [3.63, 3.8) is 0 Å². The van der Waals surface area contributed by atoms with Crippen molar-refractivity contribution in [2.45, 2.75) is 36.3 Å². The van der Waals surface area contributed by atoms with Gasteiger partial charge in [0.2, 0.25) is 11.1 Å². The maximum Gasteiger partial charge on any atom is 0.233 e. The van der Waals surface area contributed by atoms with Gasteiger partial charge in [-0.3, -0.25) is 4.79 Å². The fourth-order valence-corrected chi connectivity index (χ4v) is 3.81. The fraction of sp³-hybridized carbons (Fsp3) is 0.500. The van der Waals surface area contributed by atoms with Gasteiger partial charge in [-0.25, -0.2) is 4.68 Å². The van der Waals surface area contributed by atoms with Crippen LogP contribution in [0.1, 0.15) is 19.8 Å². The Labute approximate surface area is 142 Å². The maximum absolute atomic E-state index is 12.2. The second-order valence-electron chi connectivity index (χ2n) is 5.29. The van der Waals surface area contributed by atoms with Crippen LogP contribution in [0.15, 0.2) is 22.7 Å². The van der Waals surface area contributed by atoms with Gasteiger partial charge in [-0.2, -0.15) is 0 Å². The Morgan fingerprint density at radius 3 is 3.22 bits per heavy atom. The molecule has 0 spiro atoms. The number of ether oxygens (including phenoxy) is 1. The third kappa shape index (κ3) is 3.85. The van der Waals surface area contributed by atoms with Crippen molar-refractivity contribution in [3.8, 4) is 10.7 Å². The van der Waals surface area contributed by atoms with Crippen LogP contribution in [-0.2, 0) is 9.53 Å². The summed E-state index contributed by atoms with van der Waals surface area (Å²) in [5.41, 5.74) is 0. The second-order valence-corrected chi connectivity index (χ2v) is 7.55. The number of amides is 1. The number of rotatable bonds is 6. The Morgan fingerprint density at radius 2 is 2.52 bits per heavy atom. The number of carbonyl (C=O) groups excluding carboxylic acids is 1. The van der Waals surface area contributed by atoms with E-state index in [2.05, 4.69) is 15.5 Å². The first-order valence-electron chi connectivity index (χ1n) is 7.45. The van der Waals surface area contributed by atoms with Crippen LogP contribution in [0.3, 0.4) is 0 Å². The molecule has 0 unspecified atom stereocenters. The van der Waals surface area contributed by atoms with Crippen LogP contribution in [0.2, 0.25) is 0 Å². The summed E-state index contributed by atoms with van der Waals surface area (Å²) in [7, 11) is 0. The van der Waals surface area contributed by atoms with Gasteiger partial charge in [0.25, 0.3) is 0 Å². The number of aromatic nitrogens is 3. The van der Waals surface area contributed by atoms with Crippen LogP contribution in [0.4, 0.5) is 0 Å². The predicted molar refractivity (Wildman–Crippen MR) is 90.8 cm³/mol. The van der Waals surface area contributed by atoms with E-state index in [1.165, 1.54) is 16.4 Å². The highest BCUT2D eigenvalue weighted by Crippen LogP contribution is 2.27. The summed E-state index contributed by atoms with van der Waals surface area (Å²) in [5.74, 6) is 6.60. The summed E-state index contributed by atoms with van der Waals surface area (Å²) in [6.45, 7) is 3.17. The molecule has 1 aliphatic heterocycles. The molecule has 1 fully saturated rings. The molecule has 1 saturated heterocycles. The maximum atomic E-state index is 12.2. The standard InChI is InChI=1S/C14H19N5O2S2/c1-9(13(20)16-8-10-4-2-6-21-10)23-14-18-17-12(19(14)15)11-5-3-7-22-11/h3,5,7,9-10H,2,4,6,8,15H2,1H3,(H,16,20)/t9-,10+/m1/s1. The topological polar surface area (TPSA) is 95.1 Å². The van der Waals surface area contributed by atoms with Crippen LogP contribution < -0.4 is 11.2 Å². The average molecular weight is 353 g/mol. The molecule has 0 radical (unpaired) electrons. The summed E-state index contributed by atoms with van der Waals surface area (Å²) in [6.07, 6.45) is 2.20.